The zero-order valence-electron chi connectivity index (χ0n) is 11.4. The minimum Gasteiger partial charge on any atom is -0.512 e. The molecule has 114 valence electrons. The number of esters is 1. The number of alkyl halides is 3. The minimum atomic E-state index is -4.43. The molecule has 0 heterocycles. The number of hydrogen-bond acceptors (Lipinski definition) is 4. The van der Waals surface area contributed by atoms with Gasteiger partial charge in [-0.3, -0.25) is 0 Å². The first-order valence-corrected chi connectivity index (χ1v) is 5.89. The van der Waals surface area contributed by atoms with Crippen molar-refractivity contribution < 1.29 is 27.8 Å². The Kier molecular flexibility index (Phi) is 5.12. The SMILES string of the molecule is COC(=O)C(C(=N)Cc1ccc(C(F)(F)F)cc1)=C(C)O. The van der Waals surface area contributed by atoms with Crippen molar-refractivity contribution in [1.82, 2.24) is 0 Å². The molecule has 0 unspecified atom stereocenters. The zero-order valence-corrected chi connectivity index (χ0v) is 11.4. The summed E-state index contributed by atoms with van der Waals surface area (Å²) < 4.78 is 41.7. The van der Waals surface area contributed by atoms with Gasteiger partial charge in [0.05, 0.1) is 18.4 Å². The van der Waals surface area contributed by atoms with Crippen molar-refractivity contribution in [3.8, 4) is 0 Å². The van der Waals surface area contributed by atoms with Gasteiger partial charge in [0.2, 0.25) is 0 Å². The fourth-order valence-corrected chi connectivity index (χ4v) is 1.70. The topological polar surface area (TPSA) is 70.4 Å². The van der Waals surface area contributed by atoms with Gasteiger partial charge in [-0.1, -0.05) is 12.1 Å². The summed E-state index contributed by atoms with van der Waals surface area (Å²) >= 11 is 0. The summed E-state index contributed by atoms with van der Waals surface area (Å²) in [7, 11) is 1.11. The Labute approximate surface area is 119 Å². The van der Waals surface area contributed by atoms with Gasteiger partial charge < -0.3 is 15.3 Å². The molecule has 4 nitrogen and oxygen atoms in total. The van der Waals surface area contributed by atoms with Crippen LogP contribution in [0.4, 0.5) is 13.2 Å². The van der Waals surface area contributed by atoms with Crippen molar-refractivity contribution in [2.45, 2.75) is 19.5 Å². The van der Waals surface area contributed by atoms with Crippen LogP contribution in [0.2, 0.25) is 0 Å². The smallest absolute Gasteiger partial charge is 0.416 e. The van der Waals surface area contributed by atoms with Crippen LogP contribution < -0.4 is 0 Å². The van der Waals surface area contributed by atoms with E-state index in [4.69, 9.17) is 5.41 Å². The molecule has 7 heteroatoms. The van der Waals surface area contributed by atoms with Gasteiger partial charge in [0.25, 0.3) is 0 Å². The zero-order chi connectivity index (χ0) is 16.2. The third-order valence-corrected chi connectivity index (χ3v) is 2.72. The summed E-state index contributed by atoms with van der Waals surface area (Å²) in [6, 6.07) is 4.24. The Hall–Kier alpha value is -2.31. The van der Waals surface area contributed by atoms with Crippen molar-refractivity contribution in [2.75, 3.05) is 7.11 Å². The summed E-state index contributed by atoms with van der Waals surface area (Å²) in [5, 5.41) is 17.2. The van der Waals surface area contributed by atoms with Crippen LogP contribution >= 0.6 is 0 Å². The highest BCUT2D eigenvalue weighted by Gasteiger charge is 2.30. The average Bonchev–Trinajstić information content (AvgIpc) is 2.37. The number of methoxy groups -OCH3 is 1. The van der Waals surface area contributed by atoms with E-state index in [0.717, 1.165) is 19.2 Å². The molecule has 0 aliphatic rings. The number of aliphatic hydroxyl groups excluding tert-OH is 1. The summed E-state index contributed by atoms with van der Waals surface area (Å²) in [4.78, 5) is 11.4. The fourth-order valence-electron chi connectivity index (χ4n) is 1.70. The van der Waals surface area contributed by atoms with Crippen molar-refractivity contribution in [1.29, 1.82) is 5.41 Å². The lowest BCUT2D eigenvalue weighted by Gasteiger charge is -2.10. The number of nitrogens with one attached hydrogen (secondary N) is 1. The fraction of sp³-hybridized carbons (Fsp3) is 0.286. The van der Waals surface area contributed by atoms with Crippen LogP contribution in [0.3, 0.4) is 0 Å². The number of carbonyl (C=O) groups excluding carboxylic acids is 1. The molecular weight excluding hydrogens is 287 g/mol. The lowest BCUT2D eigenvalue weighted by molar-refractivity contribution is -0.137. The molecule has 2 N–H and O–H groups in total. The molecule has 21 heavy (non-hydrogen) atoms. The van der Waals surface area contributed by atoms with Gasteiger partial charge in [-0.25, -0.2) is 4.79 Å². The molecule has 0 aliphatic carbocycles. The quantitative estimate of drug-likeness (QED) is 0.388. The second-order valence-corrected chi connectivity index (χ2v) is 4.30. The van der Waals surface area contributed by atoms with Crippen molar-refractivity contribution >= 4 is 11.7 Å². The van der Waals surface area contributed by atoms with Crippen LogP contribution in [0.15, 0.2) is 35.6 Å². The van der Waals surface area contributed by atoms with Gasteiger partial charge in [0.15, 0.2) is 0 Å². The minimum absolute atomic E-state index is 0.0968. The molecule has 0 atom stereocenters. The van der Waals surface area contributed by atoms with E-state index in [9.17, 15) is 23.1 Å². The molecule has 0 amide bonds. The molecule has 0 spiro atoms. The molecule has 0 aliphatic heterocycles. The standard InChI is InChI=1S/C14H14F3NO3/c1-8(19)12(13(20)21-2)11(18)7-9-3-5-10(6-4-9)14(15,16)17/h3-6,18-19H,7H2,1-2H3. The number of allylic oxidation sites excluding steroid dienone is 1. The van der Waals surface area contributed by atoms with E-state index >= 15 is 0 Å². The lowest BCUT2D eigenvalue weighted by Crippen LogP contribution is -2.18. The first-order valence-electron chi connectivity index (χ1n) is 5.89. The van der Waals surface area contributed by atoms with Crippen LogP contribution in [-0.2, 0) is 22.1 Å². The maximum atomic E-state index is 12.4. The number of rotatable bonds is 4. The molecule has 0 bridgehead atoms. The van der Waals surface area contributed by atoms with Gasteiger partial charge in [0, 0.05) is 6.42 Å². The molecule has 1 aromatic rings. The largest absolute Gasteiger partial charge is 0.512 e. The normalized spacial score (nSPS) is 12.6. The highest BCUT2D eigenvalue weighted by Crippen LogP contribution is 2.29. The van der Waals surface area contributed by atoms with E-state index in [-0.39, 0.29) is 23.5 Å². The van der Waals surface area contributed by atoms with Crippen LogP contribution in [-0.4, -0.2) is 23.9 Å². The molecule has 0 aromatic heterocycles. The lowest BCUT2D eigenvalue weighted by atomic mass is 10.0. The Balaban J connectivity index is 2.93. The highest BCUT2D eigenvalue weighted by atomic mass is 19.4. The molecule has 1 rings (SSSR count). The maximum absolute atomic E-state index is 12.4. The van der Waals surface area contributed by atoms with E-state index < -0.39 is 17.7 Å². The van der Waals surface area contributed by atoms with E-state index in [1.165, 1.54) is 19.1 Å². The third kappa shape index (κ3) is 4.34. The molecule has 0 saturated carbocycles. The van der Waals surface area contributed by atoms with Gasteiger partial charge in [-0.05, 0) is 24.6 Å². The van der Waals surface area contributed by atoms with Gasteiger partial charge in [-0.2, -0.15) is 13.2 Å². The molecule has 0 saturated heterocycles. The van der Waals surface area contributed by atoms with Crippen LogP contribution in [0, 0.1) is 5.41 Å². The monoisotopic (exact) mass is 301 g/mol. The van der Waals surface area contributed by atoms with Crippen molar-refractivity contribution in [3.05, 3.63) is 46.7 Å². The summed E-state index contributed by atoms with van der Waals surface area (Å²) in [5.74, 6) is -1.24. The average molecular weight is 301 g/mol. The summed E-state index contributed by atoms with van der Waals surface area (Å²) in [6.45, 7) is 1.23. The number of aliphatic hydroxyl groups is 1. The molecule has 0 fully saturated rings. The number of carbonyl (C=O) groups is 1. The summed E-state index contributed by atoms with van der Waals surface area (Å²) in [5.41, 5.74) is -0.908. The number of ether oxygens (including phenoxy) is 1. The first-order chi connectivity index (χ1) is 9.66. The van der Waals surface area contributed by atoms with E-state index in [0.29, 0.717) is 5.56 Å². The number of halogens is 3. The Morgan fingerprint density at radius 2 is 1.81 bits per heavy atom. The second-order valence-electron chi connectivity index (χ2n) is 4.30. The van der Waals surface area contributed by atoms with Crippen molar-refractivity contribution in [2.24, 2.45) is 0 Å². The third-order valence-electron chi connectivity index (χ3n) is 2.72. The maximum Gasteiger partial charge on any atom is 0.416 e. The predicted molar refractivity (Wildman–Crippen MR) is 70.2 cm³/mol. The molecular formula is C14H14F3NO3. The summed E-state index contributed by atoms with van der Waals surface area (Å²) in [6.07, 6.45) is -4.52. The van der Waals surface area contributed by atoms with E-state index in [2.05, 4.69) is 4.74 Å². The molecule has 1 aromatic carbocycles. The van der Waals surface area contributed by atoms with E-state index in [1.54, 1.807) is 0 Å². The molecule has 0 radical (unpaired) electrons. The van der Waals surface area contributed by atoms with Crippen LogP contribution in [0.25, 0.3) is 0 Å². The Morgan fingerprint density at radius 1 is 1.29 bits per heavy atom. The predicted octanol–water partition coefficient (Wildman–Crippen LogP) is 3.27. The number of hydrogen-bond donors (Lipinski definition) is 2. The van der Waals surface area contributed by atoms with Gasteiger partial charge in [0.1, 0.15) is 11.3 Å². The Bertz CT molecular complexity index is 570. The van der Waals surface area contributed by atoms with Crippen LogP contribution in [0.1, 0.15) is 18.1 Å². The second kappa shape index (κ2) is 6.43. The number of benzene rings is 1. The van der Waals surface area contributed by atoms with Gasteiger partial charge in [-0.15, -0.1) is 0 Å². The highest BCUT2D eigenvalue weighted by molar-refractivity contribution is 6.19. The van der Waals surface area contributed by atoms with E-state index in [1.807, 2.05) is 0 Å². The van der Waals surface area contributed by atoms with Gasteiger partial charge >= 0.3 is 12.1 Å². The van der Waals surface area contributed by atoms with Crippen LogP contribution in [0.5, 0.6) is 0 Å². The van der Waals surface area contributed by atoms with Crippen molar-refractivity contribution in [3.63, 3.8) is 0 Å². The Morgan fingerprint density at radius 3 is 2.19 bits per heavy atom. The first kappa shape index (κ1) is 16.7.